The molecule has 1 saturated heterocycles. The smallest absolute Gasteiger partial charge is 0.266 e. The molecule has 1 aromatic carbocycles. The molecule has 0 spiro atoms. The van der Waals surface area contributed by atoms with Crippen LogP contribution in [-0.2, 0) is 4.79 Å². The van der Waals surface area contributed by atoms with Gasteiger partial charge in [0, 0.05) is 23.7 Å². The number of ether oxygens (including phenoxy) is 2. The van der Waals surface area contributed by atoms with E-state index in [1.165, 1.54) is 43.9 Å². The van der Waals surface area contributed by atoms with Crippen LogP contribution in [0.1, 0.15) is 50.7 Å². The third kappa shape index (κ3) is 4.58. The molecule has 7 heteroatoms. The summed E-state index contributed by atoms with van der Waals surface area (Å²) >= 11 is 7.03. The molecule has 2 aliphatic carbocycles. The number of furan rings is 1. The fourth-order valence-corrected chi connectivity index (χ4v) is 6.92. The van der Waals surface area contributed by atoms with Crippen LogP contribution >= 0.6 is 24.0 Å². The van der Waals surface area contributed by atoms with E-state index in [2.05, 4.69) is 0 Å². The van der Waals surface area contributed by atoms with Crippen molar-refractivity contribution >= 4 is 40.3 Å². The van der Waals surface area contributed by atoms with E-state index >= 15 is 0 Å². The summed E-state index contributed by atoms with van der Waals surface area (Å²) in [4.78, 5) is 15.8. The zero-order valence-corrected chi connectivity index (χ0v) is 20.7. The van der Waals surface area contributed by atoms with Crippen molar-refractivity contribution in [2.45, 2.75) is 51.0 Å². The summed E-state index contributed by atoms with van der Waals surface area (Å²) in [6.07, 6.45) is 10.5. The number of rotatable bonds is 5. The highest BCUT2D eigenvalue weighted by molar-refractivity contribution is 8.26. The number of nitrogens with zero attached hydrogens (tertiary/aromatic N) is 1. The van der Waals surface area contributed by atoms with Crippen molar-refractivity contribution < 1.29 is 18.7 Å². The molecule has 3 fully saturated rings. The maximum absolute atomic E-state index is 13.3. The first-order valence-electron chi connectivity index (χ1n) is 11.7. The molecule has 3 atom stereocenters. The van der Waals surface area contributed by atoms with Gasteiger partial charge in [-0.15, -0.1) is 0 Å². The Labute approximate surface area is 204 Å². The molecule has 33 heavy (non-hydrogen) atoms. The Morgan fingerprint density at radius 2 is 1.76 bits per heavy atom. The summed E-state index contributed by atoms with van der Waals surface area (Å²) in [5.74, 6) is 4.31. The Morgan fingerprint density at radius 3 is 2.48 bits per heavy atom. The number of carbonyl (C=O) groups is 1. The lowest BCUT2D eigenvalue weighted by Gasteiger charge is -2.41. The van der Waals surface area contributed by atoms with Gasteiger partial charge in [-0.05, 0) is 55.4 Å². The number of thioether (sulfide) groups is 1. The number of benzene rings is 1. The second kappa shape index (κ2) is 9.55. The van der Waals surface area contributed by atoms with E-state index in [0.29, 0.717) is 32.2 Å². The van der Waals surface area contributed by atoms with Crippen LogP contribution in [0, 0.1) is 11.8 Å². The van der Waals surface area contributed by atoms with Crippen molar-refractivity contribution in [1.29, 1.82) is 0 Å². The van der Waals surface area contributed by atoms with Gasteiger partial charge in [-0.1, -0.05) is 49.7 Å². The van der Waals surface area contributed by atoms with Gasteiger partial charge in [0.2, 0.25) is 0 Å². The fraction of sp³-hybridized carbons (Fsp3) is 0.462. The van der Waals surface area contributed by atoms with Gasteiger partial charge in [-0.2, -0.15) is 0 Å². The van der Waals surface area contributed by atoms with Gasteiger partial charge in [0.1, 0.15) is 27.3 Å². The molecule has 5 rings (SSSR count). The molecule has 5 nitrogen and oxygen atoms in total. The zero-order valence-electron chi connectivity index (χ0n) is 19.0. The van der Waals surface area contributed by atoms with Gasteiger partial charge >= 0.3 is 0 Å². The first kappa shape index (κ1) is 22.5. The lowest BCUT2D eigenvalue weighted by Crippen LogP contribution is -2.44. The summed E-state index contributed by atoms with van der Waals surface area (Å²) < 4.78 is 17.4. The maximum atomic E-state index is 13.3. The van der Waals surface area contributed by atoms with Gasteiger partial charge in [-0.25, -0.2) is 0 Å². The molecule has 174 valence electrons. The molecule has 1 aliphatic heterocycles. The summed E-state index contributed by atoms with van der Waals surface area (Å²) in [5.41, 5.74) is 0.850. The summed E-state index contributed by atoms with van der Waals surface area (Å²) in [6, 6.07) is 9.61. The van der Waals surface area contributed by atoms with Crippen molar-refractivity contribution in [3.05, 3.63) is 41.0 Å². The second-order valence-corrected chi connectivity index (χ2v) is 10.8. The summed E-state index contributed by atoms with van der Waals surface area (Å²) in [6.45, 7) is 0. The van der Waals surface area contributed by atoms with E-state index in [0.717, 1.165) is 30.2 Å². The largest absolute Gasteiger partial charge is 0.497 e. The van der Waals surface area contributed by atoms with E-state index < -0.39 is 0 Å². The number of amides is 1. The molecule has 3 unspecified atom stereocenters. The van der Waals surface area contributed by atoms with Gasteiger partial charge in [0.25, 0.3) is 5.91 Å². The topological polar surface area (TPSA) is 51.9 Å². The minimum atomic E-state index is 0.0188. The first-order chi connectivity index (χ1) is 16.1. The van der Waals surface area contributed by atoms with Gasteiger partial charge in [-0.3, -0.25) is 9.69 Å². The lowest BCUT2D eigenvalue weighted by molar-refractivity contribution is -0.124. The van der Waals surface area contributed by atoms with Crippen LogP contribution in [0.25, 0.3) is 17.4 Å². The van der Waals surface area contributed by atoms with E-state index in [-0.39, 0.29) is 11.9 Å². The Bertz CT molecular complexity index is 1070. The van der Waals surface area contributed by atoms with Crippen LogP contribution in [-0.4, -0.2) is 35.4 Å². The molecule has 1 amide bonds. The molecule has 0 bridgehead atoms. The zero-order chi connectivity index (χ0) is 22.9. The Balaban J connectivity index is 1.33. The Morgan fingerprint density at radius 1 is 1.03 bits per heavy atom. The van der Waals surface area contributed by atoms with Crippen molar-refractivity contribution in [2.24, 2.45) is 11.8 Å². The number of fused-ring (bicyclic) bond motifs is 1. The maximum Gasteiger partial charge on any atom is 0.266 e. The molecule has 2 saturated carbocycles. The van der Waals surface area contributed by atoms with E-state index in [4.69, 9.17) is 26.1 Å². The van der Waals surface area contributed by atoms with E-state index in [1.54, 1.807) is 14.2 Å². The van der Waals surface area contributed by atoms with Crippen LogP contribution in [0.4, 0.5) is 0 Å². The van der Waals surface area contributed by atoms with Crippen LogP contribution < -0.4 is 9.47 Å². The predicted molar refractivity (Wildman–Crippen MR) is 135 cm³/mol. The lowest BCUT2D eigenvalue weighted by atomic mass is 9.69. The Hall–Kier alpha value is -2.25. The average molecular weight is 484 g/mol. The standard InChI is InChI=1S/C26H29NO4S2/c1-29-21-12-18(13-22(14-21)30-2)23-10-9-20(31-23)15-24-25(28)27(26(32)33-24)19-8-7-16-5-3-4-6-17(16)11-19/h9-10,12-17,19H,3-8,11H2,1-2H3. The third-order valence-corrected chi connectivity index (χ3v) is 8.57. The molecule has 1 aromatic heterocycles. The van der Waals surface area contributed by atoms with Gasteiger partial charge in [0.15, 0.2) is 0 Å². The van der Waals surface area contributed by atoms with Crippen molar-refractivity contribution in [1.82, 2.24) is 4.90 Å². The second-order valence-electron chi connectivity index (χ2n) is 9.13. The molecule has 2 aromatic rings. The fourth-order valence-electron chi connectivity index (χ4n) is 5.54. The molecular formula is C26H29NO4S2. The highest BCUT2D eigenvalue weighted by atomic mass is 32.2. The van der Waals surface area contributed by atoms with Crippen LogP contribution in [0.15, 0.2) is 39.7 Å². The van der Waals surface area contributed by atoms with Crippen molar-refractivity contribution in [2.75, 3.05) is 14.2 Å². The SMILES string of the molecule is COc1cc(OC)cc(-c2ccc(C=C3SC(=S)N(C4CCC5CCCCC5C4)C3=O)o2)c1. The van der Waals surface area contributed by atoms with Gasteiger partial charge < -0.3 is 13.9 Å². The minimum absolute atomic E-state index is 0.0188. The predicted octanol–water partition coefficient (Wildman–Crippen LogP) is 6.52. The summed E-state index contributed by atoms with van der Waals surface area (Å²) in [7, 11) is 3.24. The molecule has 3 aliphatic rings. The van der Waals surface area contributed by atoms with Crippen molar-refractivity contribution in [3.63, 3.8) is 0 Å². The summed E-state index contributed by atoms with van der Waals surface area (Å²) in [5, 5.41) is 0. The third-order valence-electron chi connectivity index (χ3n) is 7.24. The monoisotopic (exact) mass is 483 g/mol. The molecule has 0 N–H and O–H groups in total. The van der Waals surface area contributed by atoms with Crippen LogP contribution in [0.3, 0.4) is 0 Å². The quantitative estimate of drug-likeness (QED) is 0.356. The number of methoxy groups -OCH3 is 2. The number of hydrogen-bond donors (Lipinski definition) is 0. The first-order valence-corrected chi connectivity index (χ1v) is 12.9. The minimum Gasteiger partial charge on any atom is -0.497 e. The highest BCUT2D eigenvalue weighted by Gasteiger charge is 2.41. The molecule has 0 radical (unpaired) electrons. The highest BCUT2D eigenvalue weighted by Crippen LogP contribution is 2.45. The van der Waals surface area contributed by atoms with E-state index in [1.807, 2.05) is 41.3 Å². The van der Waals surface area contributed by atoms with Crippen molar-refractivity contribution in [3.8, 4) is 22.8 Å². The number of thiocarbonyl (C=S) groups is 1. The number of hydrogen-bond acceptors (Lipinski definition) is 6. The Kier molecular flexibility index (Phi) is 6.52. The van der Waals surface area contributed by atoms with Crippen LogP contribution in [0.5, 0.6) is 11.5 Å². The molecule has 2 heterocycles. The van der Waals surface area contributed by atoms with E-state index in [9.17, 15) is 4.79 Å². The average Bonchev–Trinajstić information content (AvgIpc) is 3.42. The molecular weight excluding hydrogens is 454 g/mol. The normalized spacial score (nSPS) is 26.5. The van der Waals surface area contributed by atoms with Gasteiger partial charge in [0.05, 0.1) is 19.1 Å². The number of carbonyl (C=O) groups excluding carboxylic acids is 1. The van der Waals surface area contributed by atoms with Crippen LogP contribution in [0.2, 0.25) is 0 Å².